The second-order valence-corrected chi connectivity index (χ2v) is 4.12. The number of amides is 2. The molecule has 86 valence electrons. The normalized spacial score (nSPS) is 9.88. The average molecular weight is 285 g/mol. The van der Waals surface area contributed by atoms with Crippen LogP contribution in [0.3, 0.4) is 0 Å². The predicted octanol–water partition coefficient (Wildman–Crippen LogP) is 1.82. The number of halogens is 1. The van der Waals surface area contributed by atoms with Crippen LogP contribution in [0.4, 0.5) is 5.69 Å². The van der Waals surface area contributed by atoms with Crippen LogP contribution >= 0.6 is 15.9 Å². The lowest BCUT2D eigenvalue weighted by atomic mass is 10.1. The highest BCUT2D eigenvalue weighted by Gasteiger charge is 2.10. The van der Waals surface area contributed by atoms with Crippen molar-refractivity contribution in [2.75, 3.05) is 10.6 Å². The molecule has 0 bridgehead atoms. The number of rotatable bonds is 4. The van der Waals surface area contributed by atoms with Crippen molar-refractivity contribution in [2.24, 2.45) is 5.73 Å². The minimum absolute atomic E-state index is 0.0957. The molecule has 0 aliphatic carbocycles. The Labute approximate surface area is 102 Å². The van der Waals surface area contributed by atoms with Crippen LogP contribution in [0.25, 0.3) is 0 Å². The van der Waals surface area contributed by atoms with Crippen molar-refractivity contribution >= 4 is 33.4 Å². The topological polar surface area (TPSA) is 72.2 Å². The van der Waals surface area contributed by atoms with Crippen LogP contribution in [0, 0.1) is 6.92 Å². The summed E-state index contributed by atoms with van der Waals surface area (Å²) >= 11 is 3.18. The summed E-state index contributed by atoms with van der Waals surface area (Å²) in [4.78, 5) is 22.5. The van der Waals surface area contributed by atoms with Gasteiger partial charge in [0.2, 0.25) is 11.8 Å². The molecular weight excluding hydrogens is 272 g/mol. The van der Waals surface area contributed by atoms with E-state index >= 15 is 0 Å². The van der Waals surface area contributed by atoms with Crippen molar-refractivity contribution in [3.8, 4) is 0 Å². The summed E-state index contributed by atoms with van der Waals surface area (Å²) < 4.78 is 0. The van der Waals surface area contributed by atoms with Gasteiger partial charge in [-0.15, -0.1) is 0 Å². The second kappa shape index (κ2) is 5.65. The van der Waals surface area contributed by atoms with Crippen molar-refractivity contribution in [2.45, 2.75) is 13.3 Å². The first-order valence-corrected chi connectivity index (χ1v) is 5.93. The molecule has 0 aliphatic heterocycles. The van der Waals surface area contributed by atoms with E-state index in [1.807, 2.05) is 0 Å². The Balaban J connectivity index is 2.93. The smallest absolute Gasteiger partial charge is 0.249 e. The summed E-state index contributed by atoms with van der Waals surface area (Å²) in [6.07, 6.45) is 0.389. The van der Waals surface area contributed by atoms with Gasteiger partial charge in [0.05, 0.1) is 0 Å². The van der Waals surface area contributed by atoms with Crippen molar-refractivity contribution in [3.05, 3.63) is 29.3 Å². The molecule has 3 N–H and O–H groups in total. The lowest BCUT2D eigenvalue weighted by Crippen LogP contribution is -2.16. The van der Waals surface area contributed by atoms with E-state index in [1.165, 1.54) is 0 Å². The van der Waals surface area contributed by atoms with Crippen molar-refractivity contribution < 1.29 is 9.59 Å². The zero-order valence-corrected chi connectivity index (χ0v) is 10.5. The Morgan fingerprint density at radius 1 is 1.44 bits per heavy atom. The molecule has 1 aromatic carbocycles. The fraction of sp³-hybridized carbons (Fsp3) is 0.273. The molecule has 0 atom stereocenters. The zero-order valence-electron chi connectivity index (χ0n) is 8.92. The summed E-state index contributed by atoms with van der Waals surface area (Å²) in [5, 5.41) is 3.33. The van der Waals surface area contributed by atoms with Crippen molar-refractivity contribution in [3.63, 3.8) is 0 Å². The first-order chi connectivity index (χ1) is 7.56. The Hall–Kier alpha value is -1.36. The van der Waals surface area contributed by atoms with Gasteiger partial charge in [-0.3, -0.25) is 9.59 Å². The second-order valence-electron chi connectivity index (χ2n) is 3.33. The number of anilines is 1. The molecule has 16 heavy (non-hydrogen) atoms. The first kappa shape index (κ1) is 12.7. The van der Waals surface area contributed by atoms with Crippen LogP contribution in [0.2, 0.25) is 0 Å². The maximum absolute atomic E-state index is 11.4. The largest absolute Gasteiger partial charge is 0.366 e. The Morgan fingerprint density at radius 3 is 2.69 bits per heavy atom. The number of nitrogens with two attached hydrogens (primary N) is 1. The van der Waals surface area contributed by atoms with Gasteiger partial charge in [-0.05, 0) is 24.6 Å². The molecule has 0 radical (unpaired) electrons. The number of benzene rings is 1. The lowest BCUT2D eigenvalue weighted by Gasteiger charge is -2.10. The standard InChI is InChI=1S/C11H13BrN2O2/c1-7-8(11(13)16)3-2-4-9(7)14-10(15)5-6-12/h2-4H,5-6H2,1H3,(H2,13,16)(H,14,15). The Morgan fingerprint density at radius 2 is 2.12 bits per heavy atom. The zero-order chi connectivity index (χ0) is 12.1. The number of carbonyl (C=O) groups excluding carboxylic acids is 2. The highest BCUT2D eigenvalue weighted by atomic mass is 79.9. The van der Waals surface area contributed by atoms with Gasteiger partial charge in [0.15, 0.2) is 0 Å². The molecule has 1 aromatic rings. The molecule has 0 heterocycles. The van der Waals surface area contributed by atoms with Gasteiger partial charge in [0, 0.05) is 23.0 Å². The maximum atomic E-state index is 11.4. The van der Waals surface area contributed by atoms with E-state index in [1.54, 1.807) is 25.1 Å². The van der Waals surface area contributed by atoms with Crippen LogP contribution in [0.5, 0.6) is 0 Å². The molecule has 0 unspecified atom stereocenters. The molecular formula is C11H13BrN2O2. The van der Waals surface area contributed by atoms with Gasteiger partial charge in [-0.25, -0.2) is 0 Å². The molecule has 0 aromatic heterocycles. The third kappa shape index (κ3) is 3.06. The molecule has 0 saturated heterocycles. The molecule has 0 aliphatic rings. The minimum atomic E-state index is -0.492. The maximum Gasteiger partial charge on any atom is 0.249 e. The highest BCUT2D eigenvalue weighted by Crippen LogP contribution is 2.18. The van der Waals surface area contributed by atoms with Gasteiger partial charge < -0.3 is 11.1 Å². The number of nitrogens with one attached hydrogen (secondary N) is 1. The fourth-order valence-electron chi connectivity index (χ4n) is 1.34. The van der Waals surface area contributed by atoms with E-state index < -0.39 is 5.91 Å². The van der Waals surface area contributed by atoms with E-state index in [0.717, 1.165) is 0 Å². The molecule has 2 amide bonds. The van der Waals surface area contributed by atoms with Crippen LogP contribution in [0.1, 0.15) is 22.3 Å². The van der Waals surface area contributed by atoms with Crippen molar-refractivity contribution in [1.29, 1.82) is 0 Å². The molecule has 4 nitrogen and oxygen atoms in total. The Kier molecular flexibility index (Phi) is 4.49. The van der Waals surface area contributed by atoms with Gasteiger partial charge >= 0.3 is 0 Å². The number of alkyl halides is 1. The van der Waals surface area contributed by atoms with Crippen LogP contribution in [-0.4, -0.2) is 17.1 Å². The average Bonchev–Trinajstić information content (AvgIpc) is 2.21. The third-order valence-electron chi connectivity index (χ3n) is 2.19. The van der Waals surface area contributed by atoms with E-state index in [2.05, 4.69) is 21.2 Å². The molecule has 0 spiro atoms. The summed E-state index contributed by atoms with van der Waals surface area (Å²) in [5.41, 5.74) is 6.96. The van der Waals surface area contributed by atoms with Gasteiger partial charge in [0.1, 0.15) is 0 Å². The fourth-order valence-corrected chi connectivity index (χ4v) is 1.70. The lowest BCUT2D eigenvalue weighted by molar-refractivity contribution is -0.115. The van der Waals surface area contributed by atoms with Gasteiger partial charge in [-0.2, -0.15) is 0 Å². The van der Waals surface area contributed by atoms with Crippen LogP contribution < -0.4 is 11.1 Å². The molecule has 1 rings (SSSR count). The molecule has 5 heteroatoms. The number of hydrogen-bond donors (Lipinski definition) is 2. The van der Waals surface area contributed by atoms with E-state index in [-0.39, 0.29) is 5.91 Å². The Bertz CT molecular complexity index is 418. The number of hydrogen-bond acceptors (Lipinski definition) is 2. The monoisotopic (exact) mass is 284 g/mol. The molecule has 0 fully saturated rings. The predicted molar refractivity (Wildman–Crippen MR) is 66.7 cm³/mol. The third-order valence-corrected chi connectivity index (χ3v) is 2.59. The van der Waals surface area contributed by atoms with Crippen LogP contribution in [-0.2, 0) is 4.79 Å². The first-order valence-electron chi connectivity index (χ1n) is 4.81. The van der Waals surface area contributed by atoms with Gasteiger partial charge in [0.25, 0.3) is 0 Å². The molecule has 0 saturated carbocycles. The summed E-state index contributed by atoms with van der Waals surface area (Å²) in [5.74, 6) is -0.587. The highest BCUT2D eigenvalue weighted by molar-refractivity contribution is 9.09. The summed E-state index contributed by atoms with van der Waals surface area (Å²) in [6.45, 7) is 1.75. The number of primary amides is 1. The summed E-state index contributed by atoms with van der Waals surface area (Å²) in [6, 6.07) is 5.07. The van der Waals surface area contributed by atoms with E-state index in [9.17, 15) is 9.59 Å². The SMILES string of the molecule is Cc1c(NC(=O)CCBr)cccc1C(N)=O. The van der Waals surface area contributed by atoms with E-state index in [0.29, 0.717) is 28.6 Å². The minimum Gasteiger partial charge on any atom is -0.366 e. The van der Waals surface area contributed by atoms with Gasteiger partial charge in [-0.1, -0.05) is 22.0 Å². The van der Waals surface area contributed by atoms with E-state index in [4.69, 9.17) is 5.73 Å². The van der Waals surface area contributed by atoms with Crippen LogP contribution in [0.15, 0.2) is 18.2 Å². The quantitative estimate of drug-likeness (QED) is 0.828. The van der Waals surface area contributed by atoms with Crippen molar-refractivity contribution in [1.82, 2.24) is 0 Å². The number of carbonyl (C=O) groups is 2. The summed E-state index contributed by atoms with van der Waals surface area (Å²) in [7, 11) is 0.